The lowest BCUT2D eigenvalue weighted by molar-refractivity contribution is -0.682. The summed E-state index contributed by atoms with van der Waals surface area (Å²) >= 11 is 0. The van der Waals surface area contributed by atoms with E-state index in [0.717, 1.165) is 35.3 Å². The van der Waals surface area contributed by atoms with Crippen LogP contribution in [0, 0.1) is 6.92 Å². The number of rotatable bonds is 3. The van der Waals surface area contributed by atoms with Crippen molar-refractivity contribution >= 4 is 28.0 Å². The van der Waals surface area contributed by atoms with Gasteiger partial charge in [-0.25, -0.2) is 0 Å². The standard InChI is InChI=1S/C15H16N2O3/c1-4-5-17-9(2)20-14-7-13-10(6-12(14)17)11(8-19-13)15(18)16-3/h6-8H,4-5H2,1-3H3/p+1. The normalized spacial score (nSPS) is 11.3. The molecule has 1 amide bonds. The van der Waals surface area contributed by atoms with Gasteiger partial charge in [-0.05, 0) is 0 Å². The number of benzene rings is 1. The van der Waals surface area contributed by atoms with Crippen LogP contribution in [0.15, 0.2) is 27.2 Å². The molecule has 0 aliphatic rings. The number of aryl methyl sites for hydroxylation is 2. The summed E-state index contributed by atoms with van der Waals surface area (Å²) in [5, 5.41) is 3.43. The number of hydrogen-bond donors (Lipinski definition) is 1. The second kappa shape index (κ2) is 4.67. The molecule has 3 rings (SSSR count). The fraction of sp³-hybridized carbons (Fsp3) is 0.333. The number of aromatic nitrogens is 1. The Morgan fingerprint density at radius 2 is 2.15 bits per heavy atom. The van der Waals surface area contributed by atoms with Gasteiger partial charge in [0, 0.05) is 31.0 Å². The molecule has 2 aromatic heterocycles. The summed E-state index contributed by atoms with van der Waals surface area (Å²) in [6.07, 6.45) is 2.51. The van der Waals surface area contributed by atoms with Crippen LogP contribution in [0.25, 0.3) is 22.1 Å². The molecule has 0 saturated heterocycles. The molecule has 0 aliphatic carbocycles. The number of carbonyl (C=O) groups is 1. The highest BCUT2D eigenvalue weighted by Crippen LogP contribution is 2.26. The molecule has 5 nitrogen and oxygen atoms in total. The average molecular weight is 273 g/mol. The Balaban J connectivity index is 2.29. The molecule has 0 radical (unpaired) electrons. The highest BCUT2D eigenvalue weighted by atomic mass is 16.4. The Bertz CT molecular complexity index is 798. The van der Waals surface area contributed by atoms with Gasteiger partial charge >= 0.3 is 5.89 Å². The van der Waals surface area contributed by atoms with E-state index in [-0.39, 0.29) is 5.91 Å². The maximum absolute atomic E-state index is 11.8. The van der Waals surface area contributed by atoms with Crippen LogP contribution in [0.2, 0.25) is 0 Å². The van der Waals surface area contributed by atoms with Gasteiger partial charge in [0.15, 0.2) is 6.54 Å². The van der Waals surface area contributed by atoms with Gasteiger partial charge < -0.3 is 14.2 Å². The van der Waals surface area contributed by atoms with E-state index in [4.69, 9.17) is 8.83 Å². The molecule has 1 N–H and O–H groups in total. The highest BCUT2D eigenvalue weighted by molar-refractivity contribution is 6.08. The SMILES string of the molecule is CCC[n+]1c(C)oc2cc3occ(C(=O)NC)c3cc21. The van der Waals surface area contributed by atoms with Gasteiger partial charge in [-0.1, -0.05) is 6.92 Å². The smallest absolute Gasteiger partial charge is 0.344 e. The third kappa shape index (κ3) is 1.78. The first kappa shape index (κ1) is 12.7. The van der Waals surface area contributed by atoms with Crippen molar-refractivity contribution in [2.75, 3.05) is 7.05 Å². The molecule has 0 bridgehead atoms. The van der Waals surface area contributed by atoms with E-state index in [1.54, 1.807) is 7.05 Å². The van der Waals surface area contributed by atoms with Crippen molar-refractivity contribution in [3.8, 4) is 0 Å². The lowest BCUT2D eigenvalue weighted by atomic mass is 10.1. The molecule has 0 aliphatic heterocycles. The van der Waals surface area contributed by atoms with Crippen LogP contribution in [0.1, 0.15) is 29.6 Å². The van der Waals surface area contributed by atoms with Gasteiger partial charge in [0.2, 0.25) is 5.58 Å². The zero-order valence-electron chi connectivity index (χ0n) is 11.8. The third-order valence-corrected chi connectivity index (χ3v) is 3.50. The maximum Gasteiger partial charge on any atom is 0.344 e. The van der Waals surface area contributed by atoms with Gasteiger partial charge in [-0.2, -0.15) is 4.57 Å². The number of amides is 1. The van der Waals surface area contributed by atoms with Crippen molar-refractivity contribution in [2.45, 2.75) is 26.8 Å². The first-order chi connectivity index (χ1) is 9.65. The predicted molar refractivity (Wildman–Crippen MR) is 74.6 cm³/mol. The van der Waals surface area contributed by atoms with E-state index < -0.39 is 0 Å². The minimum atomic E-state index is -0.148. The van der Waals surface area contributed by atoms with E-state index in [1.165, 1.54) is 6.26 Å². The van der Waals surface area contributed by atoms with Crippen LogP contribution in [0.5, 0.6) is 0 Å². The summed E-state index contributed by atoms with van der Waals surface area (Å²) in [4.78, 5) is 11.8. The van der Waals surface area contributed by atoms with Crippen LogP contribution in [-0.2, 0) is 6.54 Å². The zero-order chi connectivity index (χ0) is 14.3. The summed E-state index contributed by atoms with van der Waals surface area (Å²) in [5.74, 6) is 0.710. The molecule has 0 spiro atoms. The van der Waals surface area contributed by atoms with Crippen LogP contribution in [0.3, 0.4) is 0 Å². The number of nitrogens with one attached hydrogen (secondary N) is 1. The number of furan rings is 1. The molecule has 3 aromatic rings. The van der Waals surface area contributed by atoms with E-state index in [0.29, 0.717) is 11.1 Å². The largest absolute Gasteiger partial charge is 0.463 e. The zero-order valence-corrected chi connectivity index (χ0v) is 11.8. The minimum Gasteiger partial charge on any atom is -0.463 e. The molecule has 1 aromatic carbocycles. The van der Waals surface area contributed by atoms with Crippen molar-refractivity contribution in [3.63, 3.8) is 0 Å². The predicted octanol–water partition coefficient (Wildman–Crippen LogP) is 2.54. The van der Waals surface area contributed by atoms with E-state index in [1.807, 2.05) is 19.1 Å². The summed E-state index contributed by atoms with van der Waals surface area (Å²) in [6, 6.07) is 3.81. The fourth-order valence-corrected chi connectivity index (χ4v) is 2.53. The van der Waals surface area contributed by atoms with Crippen LogP contribution < -0.4 is 9.88 Å². The first-order valence-corrected chi connectivity index (χ1v) is 6.72. The Kier molecular flexibility index (Phi) is 2.97. The maximum atomic E-state index is 11.8. The molecule has 5 heteroatoms. The second-order valence-electron chi connectivity index (χ2n) is 4.82. The third-order valence-electron chi connectivity index (χ3n) is 3.50. The van der Waals surface area contributed by atoms with Crippen LogP contribution in [0.4, 0.5) is 0 Å². The lowest BCUT2D eigenvalue weighted by Gasteiger charge is -1.95. The average Bonchev–Trinajstić information content (AvgIpc) is 2.98. The van der Waals surface area contributed by atoms with Crippen molar-refractivity contribution in [1.82, 2.24) is 5.32 Å². The Morgan fingerprint density at radius 1 is 1.35 bits per heavy atom. The minimum absolute atomic E-state index is 0.148. The topological polar surface area (TPSA) is 59.3 Å². The molecule has 0 saturated carbocycles. The molecule has 20 heavy (non-hydrogen) atoms. The summed E-state index contributed by atoms with van der Waals surface area (Å²) in [6.45, 7) is 4.95. The summed E-state index contributed by atoms with van der Waals surface area (Å²) in [5.41, 5.74) is 2.98. The fourth-order valence-electron chi connectivity index (χ4n) is 2.53. The second-order valence-corrected chi connectivity index (χ2v) is 4.82. The quantitative estimate of drug-likeness (QED) is 0.746. The van der Waals surface area contributed by atoms with E-state index >= 15 is 0 Å². The van der Waals surface area contributed by atoms with Gasteiger partial charge in [0.05, 0.1) is 12.5 Å². The Labute approximate surface area is 116 Å². The Hall–Kier alpha value is -2.30. The number of nitrogens with zero attached hydrogens (tertiary/aromatic N) is 1. The molecule has 2 heterocycles. The van der Waals surface area contributed by atoms with Crippen LogP contribution >= 0.6 is 0 Å². The van der Waals surface area contributed by atoms with Crippen molar-refractivity contribution in [3.05, 3.63) is 29.9 Å². The molecular weight excluding hydrogens is 256 g/mol. The number of carbonyl (C=O) groups excluding carboxylic acids is 1. The van der Waals surface area contributed by atoms with Crippen molar-refractivity contribution < 1.29 is 18.2 Å². The molecule has 104 valence electrons. The molecule has 0 unspecified atom stereocenters. The van der Waals surface area contributed by atoms with Crippen LogP contribution in [-0.4, -0.2) is 13.0 Å². The number of oxazole rings is 1. The van der Waals surface area contributed by atoms with E-state index in [9.17, 15) is 4.79 Å². The van der Waals surface area contributed by atoms with Gasteiger partial charge in [-0.3, -0.25) is 4.79 Å². The molecule has 0 fully saturated rings. The van der Waals surface area contributed by atoms with Gasteiger partial charge in [0.25, 0.3) is 11.4 Å². The van der Waals surface area contributed by atoms with Crippen molar-refractivity contribution in [2.24, 2.45) is 0 Å². The van der Waals surface area contributed by atoms with Gasteiger partial charge in [-0.15, -0.1) is 0 Å². The summed E-state index contributed by atoms with van der Waals surface area (Å²) in [7, 11) is 1.61. The summed E-state index contributed by atoms with van der Waals surface area (Å²) < 4.78 is 13.3. The first-order valence-electron chi connectivity index (χ1n) is 6.72. The van der Waals surface area contributed by atoms with Crippen molar-refractivity contribution in [1.29, 1.82) is 0 Å². The highest BCUT2D eigenvalue weighted by Gasteiger charge is 2.22. The number of fused-ring (bicyclic) bond motifs is 2. The lowest BCUT2D eigenvalue weighted by Crippen LogP contribution is -2.34. The monoisotopic (exact) mass is 273 g/mol. The van der Waals surface area contributed by atoms with E-state index in [2.05, 4.69) is 16.8 Å². The molecular formula is C15H17N2O3+. The molecule has 0 atom stereocenters. The van der Waals surface area contributed by atoms with Gasteiger partial charge in [0.1, 0.15) is 11.8 Å². The number of hydrogen-bond acceptors (Lipinski definition) is 3. The Morgan fingerprint density at radius 3 is 2.85 bits per heavy atom.